The number of ether oxygens (including phenoxy) is 1. The molecule has 0 unspecified atom stereocenters. The van der Waals surface area contributed by atoms with Gasteiger partial charge < -0.3 is 4.74 Å². The number of carbonyl (C=O) groups excluding carboxylic acids is 1. The van der Waals surface area contributed by atoms with Gasteiger partial charge in [-0.25, -0.2) is 0 Å². The van der Waals surface area contributed by atoms with Gasteiger partial charge in [0.25, 0.3) is 0 Å². The first-order valence-electron chi connectivity index (χ1n) is 9.51. The molecular weight excluding hydrogens is 348 g/mol. The molecule has 3 aromatic rings. The Bertz CT molecular complexity index is 1060. The molecule has 5 rings (SSSR count). The Hall–Kier alpha value is -3.27. The standard InChI is InChI=1S/C24H20N2O2/c1-16-11-13-17(14-12-16)20-15-25-26-24(20)22(27)19-9-5-6-10-21(19)28-23(24)18-7-3-2-4-8-18/h2-14,20,23H,15H2,1H3/t20-,23-,24+/m1/s1. The third kappa shape index (κ3) is 2.41. The Morgan fingerprint density at radius 1 is 0.893 bits per heavy atom. The highest BCUT2D eigenvalue weighted by atomic mass is 16.5. The number of carbonyl (C=O) groups is 1. The molecule has 3 aromatic carbocycles. The topological polar surface area (TPSA) is 51.0 Å². The number of rotatable bonds is 2. The predicted molar refractivity (Wildman–Crippen MR) is 107 cm³/mol. The van der Waals surface area contributed by atoms with Gasteiger partial charge in [0, 0.05) is 5.92 Å². The van der Waals surface area contributed by atoms with E-state index in [0.29, 0.717) is 17.9 Å². The minimum Gasteiger partial charge on any atom is -0.482 e. The van der Waals surface area contributed by atoms with Crippen molar-refractivity contribution in [3.05, 3.63) is 101 Å². The molecule has 0 N–H and O–H groups in total. The van der Waals surface area contributed by atoms with Gasteiger partial charge in [-0.05, 0) is 30.2 Å². The van der Waals surface area contributed by atoms with Crippen LogP contribution in [0.4, 0.5) is 0 Å². The van der Waals surface area contributed by atoms with Gasteiger partial charge in [0.05, 0.1) is 12.1 Å². The van der Waals surface area contributed by atoms with E-state index in [2.05, 4.69) is 41.4 Å². The fraction of sp³-hybridized carbons (Fsp3) is 0.208. The summed E-state index contributed by atoms with van der Waals surface area (Å²) in [4.78, 5) is 13.8. The molecule has 1 spiro atoms. The third-order valence-corrected chi connectivity index (χ3v) is 5.75. The fourth-order valence-corrected chi connectivity index (χ4v) is 4.30. The lowest BCUT2D eigenvalue weighted by molar-refractivity contribution is 0.0521. The summed E-state index contributed by atoms with van der Waals surface area (Å²) >= 11 is 0. The van der Waals surface area contributed by atoms with E-state index >= 15 is 0 Å². The second-order valence-corrected chi connectivity index (χ2v) is 7.45. The average molecular weight is 368 g/mol. The molecule has 0 aliphatic carbocycles. The highest BCUT2D eigenvalue weighted by Gasteiger charge is 2.60. The molecule has 0 aromatic heterocycles. The maximum Gasteiger partial charge on any atom is 0.200 e. The second kappa shape index (κ2) is 6.41. The molecular formula is C24H20N2O2. The lowest BCUT2D eigenvalue weighted by Gasteiger charge is -2.41. The number of aryl methyl sites for hydroxylation is 1. The maximum absolute atomic E-state index is 13.8. The number of ketones is 1. The number of benzene rings is 3. The van der Waals surface area contributed by atoms with Crippen LogP contribution < -0.4 is 4.74 Å². The largest absolute Gasteiger partial charge is 0.482 e. The minimum atomic E-state index is -1.09. The van der Waals surface area contributed by atoms with Gasteiger partial charge in [0.2, 0.25) is 5.78 Å². The Kier molecular flexibility index (Phi) is 3.86. The molecule has 0 saturated carbocycles. The molecule has 2 aliphatic heterocycles. The Morgan fingerprint density at radius 3 is 2.39 bits per heavy atom. The number of azo groups is 1. The van der Waals surface area contributed by atoms with Crippen LogP contribution in [0, 0.1) is 6.92 Å². The molecule has 2 heterocycles. The van der Waals surface area contributed by atoms with Crippen molar-refractivity contribution < 1.29 is 9.53 Å². The monoisotopic (exact) mass is 368 g/mol. The average Bonchev–Trinajstić information content (AvgIpc) is 3.17. The predicted octanol–water partition coefficient (Wildman–Crippen LogP) is 5.30. The number of hydrogen-bond donors (Lipinski definition) is 0. The number of hydrogen-bond acceptors (Lipinski definition) is 4. The lowest BCUT2D eigenvalue weighted by atomic mass is 9.69. The van der Waals surface area contributed by atoms with Crippen LogP contribution in [0.5, 0.6) is 5.75 Å². The summed E-state index contributed by atoms with van der Waals surface area (Å²) in [6.45, 7) is 2.53. The summed E-state index contributed by atoms with van der Waals surface area (Å²) < 4.78 is 6.43. The van der Waals surface area contributed by atoms with Crippen molar-refractivity contribution in [2.24, 2.45) is 10.2 Å². The van der Waals surface area contributed by atoms with Gasteiger partial charge >= 0.3 is 0 Å². The van der Waals surface area contributed by atoms with Crippen molar-refractivity contribution >= 4 is 5.78 Å². The zero-order chi connectivity index (χ0) is 19.1. The summed E-state index contributed by atoms with van der Waals surface area (Å²) in [5.74, 6) is 0.422. The summed E-state index contributed by atoms with van der Waals surface area (Å²) in [6.07, 6.45) is -0.520. The minimum absolute atomic E-state index is 0.0185. The fourth-order valence-electron chi connectivity index (χ4n) is 4.30. The zero-order valence-corrected chi connectivity index (χ0v) is 15.6. The molecule has 4 nitrogen and oxygen atoms in total. The van der Waals surface area contributed by atoms with E-state index in [4.69, 9.17) is 4.74 Å². The van der Waals surface area contributed by atoms with Gasteiger partial charge in [-0.1, -0.05) is 72.3 Å². The first-order valence-corrected chi connectivity index (χ1v) is 9.51. The van der Waals surface area contributed by atoms with Gasteiger partial charge in [-0.3, -0.25) is 4.79 Å². The van der Waals surface area contributed by atoms with E-state index < -0.39 is 11.6 Å². The maximum atomic E-state index is 13.8. The first-order chi connectivity index (χ1) is 13.7. The highest BCUT2D eigenvalue weighted by molar-refractivity contribution is 6.08. The Balaban J connectivity index is 1.72. The van der Waals surface area contributed by atoms with Crippen molar-refractivity contribution in [3.8, 4) is 5.75 Å². The van der Waals surface area contributed by atoms with Crippen LogP contribution in [0.15, 0.2) is 89.1 Å². The SMILES string of the molecule is Cc1ccc([C@H]2CN=N[C@]23C(=O)c2ccccc2O[C@@H]3c2ccccc2)cc1. The van der Waals surface area contributed by atoms with Crippen LogP contribution in [-0.4, -0.2) is 17.9 Å². The van der Waals surface area contributed by atoms with Crippen LogP contribution in [-0.2, 0) is 0 Å². The second-order valence-electron chi connectivity index (χ2n) is 7.45. The first kappa shape index (κ1) is 16.9. The summed E-state index contributed by atoms with van der Waals surface area (Å²) in [5, 5.41) is 8.96. The molecule has 4 heteroatoms. The van der Waals surface area contributed by atoms with Gasteiger partial charge in [-0.15, -0.1) is 0 Å². The number of Topliss-reactive ketones (excluding diaryl/α,β-unsaturated/α-hetero) is 1. The van der Waals surface area contributed by atoms with Gasteiger partial charge in [0.1, 0.15) is 5.75 Å². The van der Waals surface area contributed by atoms with Crippen LogP contribution in [0.25, 0.3) is 0 Å². The molecule has 0 saturated heterocycles. The molecule has 0 amide bonds. The van der Waals surface area contributed by atoms with Crippen LogP contribution >= 0.6 is 0 Å². The smallest absolute Gasteiger partial charge is 0.200 e. The van der Waals surface area contributed by atoms with Crippen molar-refractivity contribution in [2.75, 3.05) is 6.54 Å². The van der Waals surface area contributed by atoms with Gasteiger partial charge in [-0.2, -0.15) is 10.2 Å². The van der Waals surface area contributed by atoms with E-state index in [-0.39, 0.29) is 11.7 Å². The van der Waals surface area contributed by atoms with Crippen molar-refractivity contribution in [3.63, 3.8) is 0 Å². The third-order valence-electron chi connectivity index (χ3n) is 5.75. The molecule has 0 bridgehead atoms. The van der Waals surface area contributed by atoms with E-state index in [9.17, 15) is 4.79 Å². The van der Waals surface area contributed by atoms with Crippen molar-refractivity contribution in [1.29, 1.82) is 0 Å². The normalized spacial score (nSPS) is 25.5. The Labute approximate surface area is 163 Å². The van der Waals surface area contributed by atoms with Crippen molar-refractivity contribution in [2.45, 2.75) is 24.5 Å². The van der Waals surface area contributed by atoms with Crippen molar-refractivity contribution in [1.82, 2.24) is 0 Å². The summed E-state index contributed by atoms with van der Waals surface area (Å²) in [5.41, 5.74) is 2.66. The van der Waals surface area contributed by atoms with Crippen LogP contribution in [0.2, 0.25) is 0 Å². The van der Waals surface area contributed by atoms with E-state index in [1.54, 1.807) is 0 Å². The number of nitrogens with zero attached hydrogens (tertiary/aromatic N) is 2. The zero-order valence-electron chi connectivity index (χ0n) is 15.6. The summed E-state index contributed by atoms with van der Waals surface area (Å²) in [6, 6.07) is 25.6. The van der Waals surface area contributed by atoms with Gasteiger partial charge in [0.15, 0.2) is 11.6 Å². The molecule has 0 radical (unpaired) electrons. The van der Waals surface area contributed by atoms with Crippen LogP contribution in [0.3, 0.4) is 0 Å². The highest BCUT2D eigenvalue weighted by Crippen LogP contribution is 2.52. The Morgan fingerprint density at radius 2 is 1.61 bits per heavy atom. The molecule has 3 atom stereocenters. The lowest BCUT2D eigenvalue weighted by Crippen LogP contribution is -2.51. The number of fused-ring (bicyclic) bond motifs is 1. The van der Waals surface area contributed by atoms with Crippen LogP contribution in [0.1, 0.15) is 39.1 Å². The van der Waals surface area contributed by atoms with E-state index in [0.717, 1.165) is 11.1 Å². The van der Waals surface area contributed by atoms with E-state index in [1.165, 1.54) is 5.56 Å². The van der Waals surface area contributed by atoms with E-state index in [1.807, 2.05) is 54.6 Å². The molecule has 2 aliphatic rings. The molecule has 28 heavy (non-hydrogen) atoms. The number of para-hydroxylation sites is 1. The quantitative estimate of drug-likeness (QED) is 0.616. The summed E-state index contributed by atoms with van der Waals surface area (Å²) in [7, 11) is 0. The molecule has 138 valence electrons. The molecule has 0 fully saturated rings.